The molecule has 3 rings (SSSR count). The van der Waals surface area contributed by atoms with Gasteiger partial charge in [-0.05, 0) is 31.4 Å². The Hall–Kier alpha value is -2.36. The molecule has 0 aliphatic carbocycles. The van der Waals surface area contributed by atoms with E-state index in [2.05, 4.69) is 15.6 Å². The van der Waals surface area contributed by atoms with Gasteiger partial charge in [-0.25, -0.2) is 23.0 Å². The standard InChI is InChI=1S/C16H23N5O4S/c1-26(24,25)14-4-3-12(11-18-14)19-16(23)20-9-5-13(6-10-20)21-8-2-7-17-15(21)22/h3-4,11,13H,2,5-10H2,1H3,(H,17,22)(H,19,23). The Balaban J connectivity index is 1.53. The van der Waals surface area contributed by atoms with Crippen LogP contribution >= 0.6 is 0 Å². The molecule has 0 radical (unpaired) electrons. The van der Waals surface area contributed by atoms with Crippen LogP contribution < -0.4 is 10.6 Å². The van der Waals surface area contributed by atoms with Crippen LogP contribution in [0.15, 0.2) is 23.4 Å². The lowest BCUT2D eigenvalue weighted by Gasteiger charge is -2.40. The van der Waals surface area contributed by atoms with Crippen molar-refractivity contribution < 1.29 is 18.0 Å². The molecule has 0 atom stereocenters. The molecular formula is C16H23N5O4S. The van der Waals surface area contributed by atoms with E-state index in [-0.39, 0.29) is 23.1 Å². The molecule has 2 aliphatic rings. The molecule has 4 amide bonds. The molecule has 3 heterocycles. The van der Waals surface area contributed by atoms with E-state index in [0.717, 1.165) is 38.6 Å². The summed E-state index contributed by atoms with van der Waals surface area (Å²) in [5, 5.41) is 5.55. The summed E-state index contributed by atoms with van der Waals surface area (Å²) in [5.41, 5.74) is 0.444. The van der Waals surface area contributed by atoms with Crippen molar-refractivity contribution in [2.75, 3.05) is 37.8 Å². The number of hydrogen-bond donors (Lipinski definition) is 2. The second-order valence-electron chi connectivity index (χ2n) is 6.58. The molecule has 0 aromatic carbocycles. The molecule has 142 valence electrons. The van der Waals surface area contributed by atoms with Crippen LogP contribution in [0.2, 0.25) is 0 Å². The Morgan fingerprint density at radius 2 is 2.00 bits per heavy atom. The maximum Gasteiger partial charge on any atom is 0.321 e. The lowest BCUT2D eigenvalue weighted by atomic mass is 10.0. The number of anilines is 1. The molecular weight excluding hydrogens is 358 g/mol. The normalized spacial score (nSPS) is 19.2. The summed E-state index contributed by atoms with van der Waals surface area (Å²) >= 11 is 0. The minimum atomic E-state index is -3.36. The molecule has 1 aromatic heterocycles. The van der Waals surface area contributed by atoms with Crippen molar-refractivity contribution in [2.24, 2.45) is 0 Å². The van der Waals surface area contributed by atoms with Gasteiger partial charge in [0.05, 0.1) is 11.9 Å². The Morgan fingerprint density at radius 3 is 2.58 bits per heavy atom. The van der Waals surface area contributed by atoms with Crippen LogP contribution in [0.1, 0.15) is 19.3 Å². The fraction of sp³-hybridized carbons (Fsp3) is 0.562. The maximum atomic E-state index is 12.4. The van der Waals surface area contributed by atoms with Crippen LogP contribution in [0, 0.1) is 0 Å². The van der Waals surface area contributed by atoms with E-state index in [4.69, 9.17) is 0 Å². The molecule has 2 aliphatic heterocycles. The minimum Gasteiger partial charge on any atom is -0.338 e. The molecule has 2 saturated heterocycles. The number of hydrogen-bond acceptors (Lipinski definition) is 5. The molecule has 1 aromatic rings. The van der Waals surface area contributed by atoms with E-state index in [1.54, 1.807) is 4.90 Å². The van der Waals surface area contributed by atoms with Crippen LogP contribution in [0.5, 0.6) is 0 Å². The summed E-state index contributed by atoms with van der Waals surface area (Å²) in [6.45, 7) is 2.62. The number of carbonyl (C=O) groups excluding carboxylic acids is 2. The zero-order chi connectivity index (χ0) is 18.7. The maximum absolute atomic E-state index is 12.4. The van der Waals surface area contributed by atoms with E-state index in [0.29, 0.717) is 18.8 Å². The summed E-state index contributed by atoms with van der Waals surface area (Å²) in [6.07, 6.45) is 4.85. The van der Waals surface area contributed by atoms with Crippen LogP contribution in [0.3, 0.4) is 0 Å². The number of nitrogens with zero attached hydrogens (tertiary/aromatic N) is 3. The zero-order valence-corrected chi connectivity index (χ0v) is 15.5. The highest BCUT2D eigenvalue weighted by Gasteiger charge is 2.30. The molecule has 2 fully saturated rings. The van der Waals surface area contributed by atoms with E-state index in [1.807, 2.05) is 4.90 Å². The smallest absolute Gasteiger partial charge is 0.321 e. The van der Waals surface area contributed by atoms with Crippen molar-refractivity contribution in [3.8, 4) is 0 Å². The summed E-state index contributed by atoms with van der Waals surface area (Å²) in [7, 11) is -3.36. The van der Waals surface area contributed by atoms with Gasteiger partial charge in [0.1, 0.15) is 0 Å². The number of aromatic nitrogens is 1. The predicted octanol–water partition coefficient (Wildman–Crippen LogP) is 0.897. The fourth-order valence-corrected chi connectivity index (χ4v) is 3.81. The molecule has 2 N–H and O–H groups in total. The number of rotatable bonds is 3. The molecule has 10 heteroatoms. The van der Waals surface area contributed by atoms with Crippen molar-refractivity contribution in [3.05, 3.63) is 18.3 Å². The Bertz CT molecular complexity index is 772. The Kier molecular flexibility index (Phi) is 5.30. The predicted molar refractivity (Wildman–Crippen MR) is 95.7 cm³/mol. The van der Waals surface area contributed by atoms with E-state index >= 15 is 0 Å². The molecule has 0 unspecified atom stereocenters. The second kappa shape index (κ2) is 7.48. The van der Waals surface area contributed by atoms with E-state index in [9.17, 15) is 18.0 Å². The molecule has 9 nitrogen and oxygen atoms in total. The van der Waals surface area contributed by atoms with Crippen molar-refractivity contribution in [1.82, 2.24) is 20.1 Å². The molecule has 26 heavy (non-hydrogen) atoms. The first kappa shape index (κ1) is 18.4. The van der Waals surface area contributed by atoms with Crippen molar-refractivity contribution in [3.63, 3.8) is 0 Å². The minimum absolute atomic E-state index is 0.0174. The number of nitrogens with one attached hydrogen (secondary N) is 2. The number of likely N-dealkylation sites (tertiary alicyclic amines) is 1. The van der Waals surface area contributed by atoms with Crippen molar-refractivity contribution in [2.45, 2.75) is 30.3 Å². The summed E-state index contributed by atoms with van der Waals surface area (Å²) in [6, 6.07) is 2.78. The van der Waals surface area contributed by atoms with Crippen molar-refractivity contribution >= 4 is 27.6 Å². The first-order valence-electron chi connectivity index (χ1n) is 8.61. The van der Waals surface area contributed by atoms with Gasteiger partial charge in [-0.3, -0.25) is 0 Å². The number of urea groups is 2. The highest BCUT2D eigenvalue weighted by molar-refractivity contribution is 7.90. The number of piperidine rings is 1. The first-order chi connectivity index (χ1) is 12.3. The third-order valence-electron chi connectivity index (χ3n) is 4.67. The van der Waals surface area contributed by atoms with Gasteiger partial charge in [-0.2, -0.15) is 0 Å². The number of amides is 4. The molecule has 0 spiro atoms. The van der Waals surface area contributed by atoms with E-state index < -0.39 is 9.84 Å². The molecule has 0 bridgehead atoms. The van der Waals surface area contributed by atoms with Gasteiger partial charge >= 0.3 is 12.1 Å². The monoisotopic (exact) mass is 381 g/mol. The third-order valence-corrected chi connectivity index (χ3v) is 5.67. The number of pyridine rings is 1. The van der Waals surface area contributed by atoms with E-state index in [1.165, 1.54) is 18.3 Å². The van der Waals surface area contributed by atoms with Crippen molar-refractivity contribution in [1.29, 1.82) is 0 Å². The second-order valence-corrected chi connectivity index (χ2v) is 8.55. The van der Waals surface area contributed by atoms with Crippen LogP contribution in [0.4, 0.5) is 15.3 Å². The van der Waals surface area contributed by atoms with Crippen LogP contribution in [-0.2, 0) is 9.84 Å². The summed E-state index contributed by atoms with van der Waals surface area (Å²) in [5.74, 6) is 0. The highest BCUT2D eigenvalue weighted by atomic mass is 32.2. The Morgan fingerprint density at radius 1 is 1.27 bits per heavy atom. The quantitative estimate of drug-likeness (QED) is 0.808. The summed E-state index contributed by atoms with van der Waals surface area (Å²) in [4.78, 5) is 31.7. The highest BCUT2D eigenvalue weighted by Crippen LogP contribution is 2.19. The fourth-order valence-electron chi connectivity index (χ4n) is 3.25. The van der Waals surface area contributed by atoms with Gasteiger partial charge in [0, 0.05) is 38.5 Å². The topological polar surface area (TPSA) is 112 Å². The van der Waals surface area contributed by atoms with Gasteiger partial charge in [0.15, 0.2) is 14.9 Å². The average Bonchev–Trinajstić information content (AvgIpc) is 2.62. The van der Waals surface area contributed by atoms with Gasteiger partial charge in [0.2, 0.25) is 0 Å². The van der Waals surface area contributed by atoms with Gasteiger partial charge in [-0.1, -0.05) is 0 Å². The van der Waals surface area contributed by atoms with Gasteiger partial charge in [-0.15, -0.1) is 0 Å². The van der Waals surface area contributed by atoms with Gasteiger partial charge < -0.3 is 20.4 Å². The number of carbonyl (C=O) groups is 2. The zero-order valence-electron chi connectivity index (χ0n) is 14.6. The lowest BCUT2D eigenvalue weighted by Crippen LogP contribution is -2.55. The third kappa shape index (κ3) is 4.24. The first-order valence-corrected chi connectivity index (χ1v) is 10.5. The lowest BCUT2D eigenvalue weighted by molar-refractivity contribution is 0.122. The summed E-state index contributed by atoms with van der Waals surface area (Å²) < 4.78 is 22.8. The van der Waals surface area contributed by atoms with Crippen LogP contribution in [0.25, 0.3) is 0 Å². The largest absolute Gasteiger partial charge is 0.338 e. The number of sulfone groups is 1. The molecule has 0 saturated carbocycles. The van der Waals surface area contributed by atoms with Gasteiger partial charge in [0.25, 0.3) is 0 Å². The van der Waals surface area contributed by atoms with Crippen LogP contribution in [-0.4, -0.2) is 73.7 Å². The average molecular weight is 381 g/mol. The SMILES string of the molecule is CS(=O)(=O)c1ccc(NC(=O)N2CCC(N3CCCNC3=O)CC2)cn1. The Labute approximate surface area is 152 Å².